The van der Waals surface area contributed by atoms with Gasteiger partial charge >= 0.3 is 0 Å². The molecule has 0 spiro atoms. The van der Waals surface area contributed by atoms with Crippen molar-refractivity contribution in [2.75, 3.05) is 0 Å². The molecule has 1 saturated carbocycles. The molecule has 0 aromatic carbocycles. The van der Waals surface area contributed by atoms with Gasteiger partial charge in [-0.15, -0.1) is 0 Å². The Hall–Kier alpha value is -1.22. The number of rotatable bonds is 2. The molecule has 0 amide bonds. The molecule has 82 valence electrons. The lowest BCUT2D eigenvalue weighted by Gasteiger charge is -2.44. The lowest BCUT2D eigenvalue weighted by atomic mass is 9.62. The maximum Gasteiger partial charge on any atom is 0.286 e. The van der Waals surface area contributed by atoms with E-state index in [9.17, 15) is 0 Å². The van der Waals surface area contributed by atoms with Crippen LogP contribution in [0.15, 0.2) is 0 Å². The Kier molecular flexibility index (Phi) is 3.25. The Labute approximate surface area is 91.6 Å². The minimum absolute atomic E-state index is 0.00197. The Bertz CT molecular complexity index is 311. The van der Waals surface area contributed by atoms with Crippen molar-refractivity contribution in [2.45, 2.75) is 52.6 Å². The topological polar surface area (TPSA) is 56.8 Å². The Morgan fingerprint density at radius 3 is 2.47 bits per heavy atom. The van der Waals surface area contributed by atoms with E-state index in [0.717, 1.165) is 19.3 Å². The highest BCUT2D eigenvalue weighted by atomic mass is 16.5. The van der Waals surface area contributed by atoms with Gasteiger partial charge in [0.1, 0.15) is 6.10 Å². The molecule has 0 bridgehead atoms. The first-order valence-corrected chi connectivity index (χ1v) is 5.32. The van der Waals surface area contributed by atoms with E-state index in [1.165, 1.54) is 0 Å². The number of hydrogen-bond acceptors (Lipinski definition) is 3. The van der Waals surface area contributed by atoms with Crippen LogP contribution in [0.5, 0.6) is 0 Å². The van der Waals surface area contributed by atoms with Crippen LogP contribution in [0.4, 0.5) is 0 Å². The molecule has 1 aliphatic rings. The van der Waals surface area contributed by atoms with Crippen LogP contribution in [0.25, 0.3) is 0 Å². The molecule has 2 atom stereocenters. The molecule has 3 nitrogen and oxygen atoms in total. The van der Waals surface area contributed by atoms with Gasteiger partial charge in [0.25, 0.3) is 6.26 Å². The molecule has 0 heterocycles. The lowest BCUT2D eigenvalue weighted by molar-refractivity contribution is -0.00901. The first-order valence-electron chi connectivity index (χ1n) is 5.32. The van der Waals surface area contributed by atoms with Gasteiger partial charge in [-0.05, 0) is 30.1 Å². The summed E-state index contributed by atoms with van der Waals surface area (Å²) in [4.78, 5) is 0. The van der Waals surface area contributed by atoms with Crippen LogP contribution >= 0.6 is 0 Å². The molecular weight excluding hydrogens is 188 g/mol. The van der Waals surface area contributed by atoms with Crippen LogP contribution in [0.1, 0.15) is 46.5 Å². The van der Waals surface area contributed by atoms with Gasteiger partial charge in [0.05, 0.1) is 6.07 Å². The standard InChI is InChI=1S/C12H18N2O/c1-11(2)6-10(15-9-14)7-12(3,8-11)4-5-13/h10H,4,6-8H2,1-3H3. The third kappa shape index (κ3) is 3.13. The Morgan fingerprint density at radius 1 is 1.27 bits per heavy atom. The summed E-state index contributed by atoms with van der Waals surface area (Å²) in [6.45, 7) is 6.47. The van der Waals surface area contributed by atoms with Crippen molar-refractivity contribution in [3.8, 4) is 12.3 Å². The maximum absolute atomic E-state index is 8.81. The minimum atomic E-state index is -0.0166. The first kappa shape index (κ1) is 11.9. The quantitative estimate of drug-likeness (QED) is 0.652. The van der Waals surface area contributed by atoms with E-state index < -0.39 is 0 Å². The Balaban J connectivity index is 2.77. The summed E-state index contributed by atoms with van der Waals surface area (Å²) in [5.74, 6) is 0. The van der Waals surface area contributed by atoms with Crippen molar-refractivity contribution in [3.63, 3.8) is 0 Å². The first-order chi connectivity index (χ1) is 6.91. The fraction of sp³-hybridized carbons (Fsp3) is 0.833. The normalized spacial score (nSPS) is 33.8. The van der Waals surface area contributed by atoms with Crippen molar-refractivity contribution >= 4 is 0 Å². The van der Waals surface area contributed by atoms with E-state index in [1.54, 1.807) is 6.26 Å². The second kappa shape index (κ2) is 4.11. The highest BCUT2D eigenvalue weighted by molar-refractivity contribution is 4.96. The van der Waals surface area contributed by atoms with Gasteiger partial charge in [-0.25, -0.2) is 0 Å². The average molecular weight is 206 g/mol. The number of hydrogen-bond donors (Lipinski definition) is 0. The zero-order valence-electron chi connectivity index (χ0n) is 9.71. The fourth-order valence-electron chi connectivity index (χ4n) is 3.02. The Morgan fingerprint density at radius 2 is 1.93 bits per heavy atom. The highest BCUT2D eigenvalue weighted by Crippen LogP contribution is 2.48. The molecule has 0 saturated heterocycles. The van der Waals surface area contributed by atoms with Gasteiger partial charge < -0.3 is 4.74 Å². The predicted octanol–water partition coefficient (Wildman–Crippen LogP) is 2.98. The van der Waals surface area contributed by atoms with Gasteiger partial charge in [0, 0.05) is 6.42 Å². The molecule has 2 unspecified atom stereocenters. The summed E-state index contributed by atoms with van der Waals surface area (Å²) in [6.07, 6.45) is 5.05. The van der Waals surface area contributed by atoms with Crippen molar-refractivity contribution < 1.29 is 4.74 Å². The van der Waals surface area contributed by atoms with Gasteiger partial charge in [-0.3, -0.25) is 0 Å². The summed E-state index contributed by atoms with van der Waals surface area (Å²) < 4.78 is 5.06. The molecule has 0 radical (unpaired) electrons. The summed E-state index contributed by atoms with van der Waals surface area (Å²) in [5, 5.41) is 17.4. The molecule has 0 aliphatic heterocycles. The van der Waals surface area contributed by atoms with Crippen LogP contribution in [-0.2, 0) is 4.74 Å². The van der Waals surface area contributed by atoms with E-state index in [0.29, 0.717) is 6.42 Å². The lowest BCUT2D eigenvalue weighted by Crippen LogP contribution is -2.38. The molecule has 0 N–H and O–H groups in total. The molecular formula is C12H18N2O. The molecule has 1 aliphatic carbocycles. The van der Waals surface area contributed by atoms with Crippen LogP contribution < -0.4 is 0 Å². The molecule has 1 fully saturated rings. The second-order valence-electron chi connectivity index (χ2n) is 5.73. The van der Waals surface area contributed by atoms with Crippen molar-refractivity contribution in [1.82, 2.24) is 0 Å². The largest absolute Gasteiger partial charge is 0.424 e. The van der Waals surface area contributed by atoms with E-state index in [4.69, 9.17) is 15.3 Å². The monoisotopic (exact) mass is 206 g/mol. The zero-order valence-corrected chi connectivity index (χ0v) is 9.71. The third-order valence-corrected chi connectivity index (χ3v) is 3.13. The van der Waals surface area contributed by atoms with Crippen LogP contribution in [0.3, 0.4) is 0 Å². The third-order valence-electron chi connectivity index (χ3n) is 3.13. The van der Waals surface area contributed by atoms with Gasteiger partial charge in [0.2, 0.25) is 0 Å². The maximum atomic E-state index is 8.81. The van der Waals surface area contributed by atoms with Gasteiger partial charge in [-0.1, -0.05) is 20.8 Å². The van der Waals surface area contributed by atoms with Crippen LogP contribution in [0, 0.1) is 33.7 Å². The summed E-state index contributed by atoms with van der Waals surface area (Å²) in [7, 11) is 0. The summed E-state index contributed by atoms with van der Waals surface area (Å²) in [5.41, 5.74) is 0.156. The van der Waals surface area contributed by atoms with Crippen LogP contribution in [0.2, 0.25) is 0 Å². The zero-order chi connectivity index (χ0) is 11.5. The van der Waals surface area contributed by atoms with Crippen molar-refractivity contribution in [1.29, 1.82) is 10.5 Å². The predicted molar refractivity (Wildman–Crippen MR) is 56.5 cm³/mol. The SMILES string of the molecule is CC1(C)CC(OC#N)CC(C)(CC#N)C1. The molecule has 0 aromatic rings. The average Bonchev–Trinajstić information content (AvgIpc) is 1.99. The summed E-state index contributed by atoms with van der Waals surface area (Å²) in [6, 6.07) is 2.24. The molecule has 0 aromatic heterocycles. The minimum Gasteiger partial charge on any atom is -0.424 e. The van der Waals surface area contributed by atoms with Crippen molar-refractivity contribution in [3.05, 3.63) is 0 Å². The summed E-state index contributed by atoms with van der Waals surface area (Å²) >= 11 is 0. The molecule has 1 rings (SSSR count). The van der Waals surface area contributed by atoms with E-state index >= 15 is 0 Å². The highest BCUT2D eigenvalue weighted by Gasteiger charge is 2.42. The second-order valence-corrected chi connectivity index (χ2v) is 5.73. The van der Waals surface area contributed by atoms with Gasteiger partial charge in [-0.2, -0.15) is 10.5 Å². The number of nitrogens with zero attached hydrogens (tertiary/aromatic N) is 2. The number of nitriles is 2. The van der Waals surface area contributed by atoms with E-state index in [2.05, 4.69) is 26.8 Å². The molecule has 15 heavy (non-hydrogen) atoms. The smallest absolute Gasteiger partial charge is 0.286 e. The molecule has 3 heteroatoms. The van der Waals surface area contributed by atoms with Crippen LogP contribution in [-0.4, -0.2) is 6.10 Å². The van der Waals surface area contributed by atoms with Crippen molar-refractivity contribution in [2.24, 2.45) is 10.8 Å². The van der Waals surface area contributed by atoms with E-state index in [-0.39, 0.29) is 16.9 Å². The fourth-order valence-corrected chi connectivity index (χ4v) is 3.02. The van der Waals surface area contributed by atoms with Gasteiger partial charge in [0.15, 0.2) is 0 Å². The van der Waals surface area contributed by atoms with E-state index in [1.807, 2.05) is 0 Å². The number of ether oxygens (including phenoxy) is 1.